The van der Waals surface area contributed by atoms with Gasteiger partial charge < -0.3 is 24.4 Å². The fourth-order valence-electron chi connectivity index (χ4n) is 3.49. The van der Waals surface area contributed by atoms with E-state index in [1.165, 1.54) is 16.7 Å². The van der Waals surface area contributed by atoms with Crippen molar-refractivity contribution in [2.24, 2.45) is 4.99 Å². The van der Waals surface area contributed by atoms with Crippen LogP contribution in [0.15, 0.2) is 53.5 Å². The lowest BCUT2D eigenvalue weighted by Crippen LogP contribution is -2.40. The maximum Gasteiger partial charge on any atom is 0.193 e. The number of nitrogens with zero attached hydrogens (tertiary/aromatic N) is 2. The number of aryl methyl sites for hydroxylation is 1. The van der Waals surface area contributed by atoms with Crippen LogP contribution in [0.1, 0.15) is 29.5 Å². The Bertz CT molecular complexity index is 817. The molecule has 31 heavy (non-hydrogen) atoms. The number of aliphatic imine (C=N–C) groups is 1. The molecule has 1 aliphatic rings. The molecule has 0 atom stereocenters. The molecule has 1 N–H and O–H groups in total. The zero-order valence-electron chi connectivity index (χ0n) is 19.0. The first-order valence-electron chi connectivity index (χ1n) is 11.0. The molecule has 0 aromatic heterocycles. The van der Waals surface area contributed by atoms with Crippen molar-refractivity contribution in [1.82, 2.24) is 10.2 Å². The highest BCUT2D eigenvalue weighted by Crippen LogP contribution is 2.14. The van der Waals surface area contributed by atoms with E-state index in [9.17, 15) is 0 Å². The van der Waals surface area contributed by atoms with Gasteiger partial charge in [-0.05, 0) is 43.0 Å². The van der Waals surface area contributed by atoms with Crippen molar-refractivity contribution in [2.45, 2.75) is 39.0 Å². The average molecular weight is 426 g/mol. The summed E-state index contributed by atoms with van der Waals surface area (Å²) in [6.07, 6.45) is 2.28. The number of hydrogen-bond acceptors (Lipinski definition) is 4. The topological polar surface area (TPSA) is 55.3 Å². The van der Waals surface area contributed by atoms with Gasteiger partial charge in [0.2, 0.25) is 0 Å². The van der Waals surface area contributed by atoms with Crippen LogP contribution in [0, 0.1) is 6.92 Å². The zero-order valence-corrected chi connectivity index (χ0v) is 19.0. The number of guanidine groups is 1. The normalized spacial score (nSPS) is 15.0. The Morgan fingerprint density at radius 3 is 2.61 bits per heavy atom. The third-order valence-electron chi connectivity index (χ3n) is 5.39. The fourth-order valence-corrected chi connectivity index (χ4v) is 3.49. The van der Waals surface area contributed by atoms with Crippen LogP contribution >= 0.6 is 0 Å². The predicted molar refractivity (Wildman–Crippen MR) is 125 cm³/mol. The van der Waals surface area contributed by atoms with Crippen LogP contribution in [0.3, 0.4) is 0 Å². The second-order valence-electron chi connectivity index (χ2n) is 7.93. The van der Waals surface area contributed by atoms with Gasteiger partial charge in [0, 0.05) is 33.9 Å². The Hall–Kier alpha value is -2.57. The van der Waals surface area contributed by atoms with E-state index < -0.39 is 0 Å². The molecule has 0 spiro atoms. The molecule has 1 heterocycles. The first-order valence-corrected chi connectivity index (χ1v) is 11.0. The molecule has 0 aliphatic carbocycles. The number of nitrogens with one attached hydrogen (secondary N) is 1. The zero-order chi connectivity index (χ0) is 21.9. The lowest BCUT2D eigenvalue weighted by atomic mass is 10.1. The van der Waals surface area contributed by atoms with Crippen LogP contribution in [-0.2, 0) is 22.6 Å². The van der Waals surface area contributed by atoms with Gasteiger partial charge >= 0.3 is 0 Å². The van der Waals surface area contributed by atoms with Crippen molar-refractivity contribution < 1.29 is 14.2 Å². The molecule has 0 bridgehead atoms. The van der Waals surface area contributed by atoms with Crippen LogP contribution in [0.4, 0.5) is 0 Å². The molecule has 0 radical (unpaired) electrons. The SMILES string of the molecule is CN=C(NCc1cccc(COC2CCOCC2)c1)N(C)CCOc1ccc(C)cc1. The molecule has 1 saturated heterocycles. The lowest BCUT2D eigenvalue weighted by Gasteiger charge is -2.23. The van der Waals surface area contributed by atoms with E-state index >= 15 is 0 Å². The Balaban J connectivity index is 1.42. The molecule has 6 nitrogen and oxygen atoms in total. The smallest absolute Gasteiger partial charge is 0.193 e. The molecule has 2 aromatic carbocycles. The minimum Gasteiger partial charge on any atom is -0.492 e. The number of benzene rings is 2. The maximum atomic E-state index is 6.05. The number of likely N-dealkylation sites (N-methyl/N-ethyl adjacent to an activating group) is 1. The Morgan fingerprint density at radius 2 is 1.87 bits per heavy atom. The largest absolute Gasteiger partial charge is 0.492 e. The summed E-state index contributed by atoms with van der Waals surface area (Å²) < 4.78 is 17.3. The standard InChI is InChI=1S/C25H35N3O3/c1-20-7-9-23(10-8-20)30-16-13-28(3)25(26-2)27-18-21-5-4-6-22(17-21)19-31-24-11-14-29-15-12-24/h4-10,17,24H,11-16,18-19H2,1-3H3,(H,26,27). The number of rotatable bonds is 9. The van der Waals surface area contributed by atoms with E-state index in [1.54, 1.807) is 7.05 Å². The van der Waals surface area contributed by atoms with E-state index in [1.807, 2.05) is 19.2 Å². The summed E-state index contributed by atoms with van der Waals surface area (Å²) in [5.74, 6) is 1.73. The summed E-state index contributed by atoms with van der Waals surface area (Å²) in [4.78, 5) is 6.48. The molecule has 0 unspecified atom stereocenters. The van der Waals surface area contributed by atoms with Gasteiger partial charge in [-0.25, -0.2) is 0 Å². The number of ether oxygens (including phenoxy) is 3. The molecular formula is C25H35N3O3. The minimum atomic E-state index is 0.310. The van der Waals surface area contributed by atoms with Crippen LogP contribution in [-0.4, -0.2) is 57.4 Å². The van der Waals surface area contributed by atoms with Gasteiger partial charge in [0.25, 0.3) is 0 Å². The molecule has 6 heteroatoms. The molecule has 1 aliphatic heterocycles. The van der Waals surface area contributed by atoms with Gasteiger partial charge in [0.1, 0.15) is 12.4 Å². The molecule has 2 aromatic rings. The fraction of sp³-hybridized carbons (Fsp3) is 0.480. The monoisotopic (exact) mass is 425 g/mol. The van der Waals surface area contributed by atoms with E-state index in [0.717, 1.165) is 44.3 Å². The third kappa shape index (κ3) is 7.89. The second kappa shape index (κ2) is 12.3. The Labute approximate surface area is 186 Å². The lowest BCUT2D eigenvalue weighted by molar-refractivity contribution is -0.0390. The Morgan fingerprint density at radius 1 is 1.13 bits per heavy atom. The molecule has 0 saturated carbocycles. The highest BCUT2D eigenvalue weighted by atomic mass is 16.5. The third-order valence-corrected chi connectivity index (χ3v) is 5.39. The first kappa shape index (κ1) is 23.1. The van der Waals surface area contributed by atoms with Crippen LogP contribution in [0.5, 0.6) is 5.75 Å². The highest BCUT2D eigenvalue weighted by molar-refractivity contribution is 5.79. The van der Waals surface area contributed by atoms with Gasteiger partial charge in [-0.3, -0.25) is 4.99 Å². The van der Waals surface area contributed by atoms with Crippen LogP contribution in [0.2, 0.25) is 0 Å². The Kier molecular flexibility index (Phi) is 9.18. The molecule has 1 fully saturated rings. The van der Waals surface area contributed by atoms with Crippen LogP contribution in [0.25, 0.3) is 0 Å². The van der Waals surface area contributed by atoms with E-state index in [0.29, 0.717) is 25.9 Å². The second-order valence-corrected chi connectivity index (χ2v) is 7.93. The van der Waals surface area contributed by atoms with Gasteiger partial charge in [-0.1, -0.05) is 42.0 Å². The predicted octanol–water partition coefficient (Wildman–Crippen LogP) is 3.78. The van der Waals surface area contributed by atoms with E-state index in [-0.39, 0.29) is 0 Å². The van der Waals surface area contributed by atoms with Crippen molar-refractivity contribution in [2.75, 3.05) is 40.5 Å². The van der Waals surface area contributed by atoms with Crippen molar-refractivity contribution >= 4 is 5.96 Å². The van der Waals surface area contributed by atoms with Crippen molar-refractivity contribution in [3.63, 3.8) is 0 Å². The average Bonchev–Trinajstić information content (AvgIpc) is 2.80. The van der Waals surface area contributed by atoms with Crippen molar-refractivity contribution in [1.29, 1.82) is 0 Å². The summed E-state index contributed by atoms with van der Waals surface area (Å²) >= 11 is 0. The van der Waals surface area contributed by atoms with Gasteiger partial charge in [-0.2, -0.15) is 0 Å². The summed E-state index contributed by atoms with van der Waals surface area (Å²) in [5, 5.41) is 3.44. The van der Waals surface area contributed by atoms with Gasteiger partial charge in [0.05, 0.1) is 19.3 Å². The van der Waals surface area contributed by atoms with Crippen molar-refractivity contribution in [3.05, 3.63) is 65.2 Å². The quantitative estimate of drug-likeness (QED) is 0.490. The maximum absolute atomic E-state index is 6.05. The van der Waals surface area contributed by atoms with E-state index in [2.05, 4.69) is 58.5 Å². The number of hydrogen-bond donors (Lipinski definition) is 1. The van der Waals surface area contributed by atoms with E-state index in [4.69, 9.17) is 14.2 Å². The summed E-state index contributed by atoms with van der Waals surface area (Å²) in [7, 11) is 3.82. The highest BCUT2D eigenvalue weighted by Gasteiger charge is 2.14. The van der Waals surface area contributed by atoms with Gasteiger partial charge in [0.15, 0.2) is 5.96 Å². The van der Waals surface area contributed by atoms with Crippen LogP contribution < -0.4 is 10.1 Å². The molecule has 0 amide bonds. The minimum absolute atomic E-state index is 0.310. The van der Waals surface area contributed by atoms with Gasteiger partial charge in [-0.15, -0.1) is 0 Å². The first-order chi connectivity index (χ1) is 15.1. The molecular weight excluding hydrogens is 390 g/mol. The molecule has 168 valence electrons. The summed E-state index contributed by atoms with van der Waals surface area (Å²) in [6, 6.07) is 16.6. The summed E-state index contributed by atoms with van der Waals surface area (Å²) in [6.45, 7) is 6.37. The summed E-state index contributed by atoms with van der Waals surface area (Å²) in [5.41, 5.74) is 3.63. The van der Waals surface area contributed by atoms with Crippen molar-refractivity contribution in [3.8, 4) is 5.75 Å². The molecule has 3 rings (SSSR count).